The van der Waals surface area contributed by atoms with Gasteiger partial charge in [-0.15, -0.1) is 10.2 Å². The third-order valence-electron chi connectivity index (χ3n) is 6.71. The fourth-order valence-electron chi connectivity index (χ4n) is 5.24. The summed E-state index contributed by atoms with van der Waals surface area (Å²) in [5.41, 5.74) is 9.69. The van der Waals surface area contributed by atoms with Gasteiger partial charge in [-0.05, 0) is 43.4 Å². The molecule has 1 aliphatic carbocycles. The van der Waals surface area contributed by atoms with Crippen molar-refractivity contribution in [2.24, 2.45) is 0 Å². The number of hydrogen-bond acceptors (Lipinski definition) is 5. The van der Waals surface area contributed by atoms with Gasteiger partial charge in [0.2, 0.25) is 5.95 Å². The zero-order chi connectivity index (χ0) is 17.9. The van der Waals surface area contributed by atoms with Gasteiger partial charge in [-0.3, -0.25) is 4.57 Å². The Hall–Kier alpha value is -2.34. The molecular formula is C20H25N5O. The number of anilines is 2. The molecule has 2 unspecified atom stereocenters. The van der Waals surface area contributed by atoms with Crippen molar-refractivity contribution in [2.45, 2.75) is 56.1 Å². The van der Waals surface area contributed by atoms with Crippen molar-refractivity contribution in [3.05, 3.63) is 41.2 Å². The number of methoxy groups -OCH3 is 1. The van der Waals surface area contributed by atoms with Gasteiger partial charge >= 0.3 is 0 Å². The molecule has 2 aromatic rings. The second-order valence-corrected chi connectivity index (χ2v) is 8.06. The Labute approximate surface area is 153 Å². The van der Waals surface area contributed by atoms with Crippen molar-refractivity contribution >= 4 is 17.8 Å². The van der Waals surface area contributed by atoms with Crippen LogP contribution in [-0.2, 0) is 15.6 Å². The van der Waals surface area contributed by atoms with E-state index in [0.29, 0.717) is 5.95 Å². The van der Waals surface area contributed by atoms with Crippen molar-refractivity contribution in [3.63, 3.8) is 0 Å². The minimum Gasteiger partial charge on any atom is -0.368 e. The second-order valence-electron chi connectivity index (χ2n) is 8.06. The van der Waals surface area contributed by atoms with Crippen molar-refractivity contribution < 1.29 is 4.74 Å². The van der Waals surface area contributed by atoms with Crippen LogP contribution in [0, 0.1) is 0 Å². The van der Waals surface area contributed by atoms with E-state index in [4.69, 9.17) is 10.5 Å². The predicted octanol–water partition coefficient (Wildman–Crippen LogP) is 3.25. The van der Waals surface area contributed by atoms with E-state index in [0.717, 1.165) is 12.2 Å². The number of allylic oxidation sites excluding steroid dienone is 1. The molecule has 1 saturated carbocycles. The zero-order valence-electron chi connectivity index (χ0n) is 15.3. The average molecular weight is 351 g/mol. The summed E-state index contributed by atoms with van der Waals surface area (Å²) in [7, 11) is 1.81. The third-order valence-corrected chi connectivity index (χ3v) is 6.71. The Kier molecular flexibility index (Phi) is 3.26. The highest BCUT2D eigenvalue weighted by molar-refractivity contribution is 5.65. The number of nitrogens with zero attached hydrogens (tertiary/aromatic N) is 3. The Balaban J connectivity index is 1.61. The lowest BCUT2D eigenvalue weighted by Crippen LogP contribution is -2.37. The number of benzene rings is 1. The van der Waals surface area contributed by atoms with Crippen LogP contribution in [-0.4, -0.2) is 28.1 Å². The van der Waals surface area contributed by atoms with Gasteiger partial charge in [0.25, 0.3) is 0 Å². The van der Waals surface area contributed by atoms with Gasteiger partial charge in [-0.1, -0.05) is 31.1 Å². The van der Waals surface area contributed by atoms with Gasteiger partial charge in [-0.2, -0.15) is 0 Å². The first kappa shape index (κ1) is 15.9. The van der Waals surface area contributed by atoms with Gasteiger partial charge in [0, 0.05) is 24.4 Å². The van der Waals surface area contributed by atoms with Crippen LogP contribution >= 0.6 is 0 Å². The molecule has 0 saturated heterocycles. The van der Waals surface area contributed by atoms with Gasteiger partial charge in [0.1, 0.15) is 12.1 Å². The first-order chi connectivity index (χ1) is 12.6. The highest BCUT2D eigenvalue weighted by Crippen LogP contribution is 2.52. The molecular weight excluding hydrogens is 326 g/mol. The maximum atomic E-state index is 5.97. The molecule has 136 valence electrons. The van der Waals surface area contributed by atoms with E-state index >= 15 is 0 Å². The van der Waals surface area contributed by atoms with E-state index in [-0.39, 0.29) is 17.1 Å². The first-order valence-corrected chi connectivity index (χ1v) is 9.40. The Morgan fingerprint density at radius 3 is 2.85 bits per heavy atom. The van der Waals surface area contributed by atoms with Crippen molar-refractivity contribution in [1.29, 1.82) is 0 Å². The lowest BCUT2D eigenvalue weighted by atomic mass is 9.74. The van der Waals surface area contributed by atoms with Gasteiger partial charge in [0.15, 0.2) is 0 Å². The SMILES string of the molecule is COC1Nc2cc(C3(C)CC=Cn4c(N)nnc43)ccc2C12CCCC2. The number of aromatic nitrogens is 3. The highest BCUT2D eigenvalue weighted by Gasteiger charge is 2.49. The number of nitrogens with one attached hydrogen (secondary N) is 1. The van der Waals surface area contributed by atoms with Crippen LogP contribution in [0.2, 0.25) is 0 Å². The van der Waals surface area contributed by atoms with Crippen LogP contribution in [0.5, 0.6) is 0 Å². The van der Waals surface area contributed by atoms with Crippen LogP contribution in [0.1, 0.15) is 56.0 Å². The summed E-state index contributed by atoms with van der Waals surface area (Å²) in [6, 6.07) is 6.84. The van der Waals surface area contributed by atoms with E-state index in [9.17, 15) is 0 Å². The molecule has 3 N–H and O–H groups in total. The summed E-state index contributed by atoms with van der Waals surface area (Å²) >= 11 is 0. The predicted molar refractivity (Wildman–Crippen MR) is 102 cm³/mol. The Morgan fingerprint density at radius 2 is 2.08 bits per heavy atom. The van der Waals surface area contributed by atoms with E-state index in [2.05, 4.69) is 46.7 Å². The van der Waals surface area contributed by atoms with E-state index < -0.39 is 0 Å². The summed E-state index contributed by atoms with van der Waals surface area (Å²) in [6.07, 6.45) is 9.97. The fourth-order valence-corrected chi connectivity index (χ4v) is 5.24. The number of ether oxygens (including phenoxy) is 1. The summed E-state index contributed by atoms with van der Waals surface area (Å²) in [5.74, 6) is 1.33. The standard InChI is InChI=1S/C20H25N5O/c1-19(8-5-11-25-16(19)23-24-18(25)21)13-6-7-14-15(12-13)22-17(26-2)20(14)9-3-4-10-20/h5-7,11-12,17,22H,3-4,8-10H2,1-2H3,(H2,21,24). The number of rotatable bonds is 2. The van der Waals surface area contributed by atoms with Crippen molar-refractivity contribution in [1.82, 2.24) is 14.8 Å². The van der Waals surface area contributed by atoms with Crippen molar-refractivity contribution in [3.8, 4) is 0 Å². The smallest absolute Gasteiger partial charge is 0.226 e. The van der Waals surface area contributed by atoms with Gasteiger partial charge in [-0.25, -0.2) is 0 Å². The highest BCUT2D eigenvalue weighted by atomic mass is 16.5. The Morgan fingerprint density at radius 1 is 1.27 bits per heavy atom. The van der Waals surface area contributed by atoms with Crippen LogP contribution in [0.4, 0.5) is 11.6 Å². The van der Waals surface area contributed by atoms with E-state index in [1.54, 1.807) is 0 Å². The zero-order valence-corrected chi connectivity index (χ0v) is 15.3. The van der Waals surface area contributed by atoms with Crippen LogP contribution in [0.15, 0.2) is 24.3 Å². The summed E-state index contributed by atoms with van der Waals surface area (Å²) < 4.78 is 7.73. The minimum atomic E-state index is -0.246. The maximum absolute atomic E-state index is 5.97. The van der Waals surface area contributed by atoms with Crippen LogP contribution < -0.4 is 11.1 Å². The largest absolute Gasteiger partial charge is 0.368 e. The number of nitrogen functional groups attached to an aromatic ring is 1. The van der Waals surface area contributed by atoms with Crippen molar-refractivity contribution in [2.75, 3.05) is 18.2 Å². The molecule has 1 aromatic carbocycles. The molecule has 1 fully saturated rings. The third kappa shape index (κ3) is 1.91. The topological polar surface area (TPSA) is 78.0 Å². The summed E-state index contributed by atoms with van der Waals surface area (Å²) in [4.78, 5) is 0. The van der Waals surface area contributed by atoms with Gasteiger partial charge in [0.05, 0.1) is 5.41 Å². The molecule has 6 nitrogen and oxygen atoms in total. The molecule has 0 bridgehead atoms. The Bertz CT molecular complexity index is 896. The number of nitrogens with two attached hydrogens (primary N) is 1. The molecule has 0 amide bonds. The summed E-state index contributed by atoms with van der Waals surface area (Å²) in [6.45, 7) is 2.21. The lowest BCUT2D eigenvalue weighted by molar-refractivity contribution is 0.0634. The van der Waals surface area contributed by atoms with E-state index in [1.807, 2.05) is 17.9 Å². The monoisotopic (exact) mass is 351 g/mol. The van der Waals surface area contributed by atoms with Crippen LogP contribution in [0.3, 0.4) is 0 Å². The molecule has 2 aliphatic heterocycles. The lowest BCUT2D eigenvalue weighted by Gasteiger charge is -2.32. The van der Waals surface area contributed by atoms with Gasteiger partial charge < -0.3 is 15.8 Å². The van der Waals surface area contributed by atoms with E-state index in [1.165, 1.54) is 42.5 Å². The molecule has 3 heterocycles. The molecule has 0 radical (unpaired) electrons. The van der Waals surface area contributed by atoms with Crippen LogP contribution in [0.25, 0.3) is 6.20 Å². The molecule has 2 atom stereocenters. The quantitative estimate of drug-likeness (QED) is 0.868. The molecule has 6 heteroatoms. The normalized spacial score (nSPS) is 28.2. The number of fused-ring (bicyclic) bond motifs is 3. The molecule has 26 heavy (non-hydrogen) atoms. The minimum absolute atomic E-state index is 0.0635. The average Bonchev–Trinajstić information content (AvgIpc) is 3.36. The molecule has 3 aliphatic rings. The maximum Gasteiger partial charge on any atom is 0.226 e. The molecule has 1 aromatic heterocycles. The summed E-state index contributed by atoms with van der Waals surface area (Å²) in [5, 5.41) is 12.1. The second kappa shape index (κ2) is 5.33. The number of hydrogen-bond donors (Lipinski definition) is 2. The first-order valence-electron chi connectivity index (χ1n) is 9.40. The molecule has 5 rings (SSSR count). The fraction of sp³-hybridized carbons (Fsp3) is 0.500. The molecule has 1 spiro atoms.